The second kappa shape index (κ2) is 9.00. The highest BCUT2D eigenvalue weighted by Crippen LogP contribution is 2.23. The highest BCUT2D eigenvalue weighted by Gasteiger charge is 2.13. The Morgan fingerprint density at radius 3 is 2.75 bits per heavy atom. The van der Waals surface area contributed by atoms with Crippen molar-refractivity contribution in [2.75, 3.05) is 0 Å². The van der Waals surface area contributed by atoms with Crippen LogP contribution in [0.25, 0.3) is 11.0 Å². The molecule has 1 atom stereocenters. The summed E-state index contributed by atoms with van der Waals surface area (Å²) in [5.41, 5.74) is 2.97. The second-order valence-electron chi connectivity index (χ2n) is 7.05. The first-order valence-electron chi connectivity index (χ1n) is 9.36. The van der Waals surface area contributed by atoms with E-state index in [4.69, 9.17) is 4.98 Å². The summed E-state index contributed by atoms with van der Waals surface area (Å²) in [5, 5.41) is 0. The van der Waals surface area contributed by atoms with Crippen molar-refractivity contribution in [2.24, 2.45) is 5.92 Å². The standard InChI is InChI=1S/C21H31FN2/c1-5-7-8-10-16(3)13-17(4)15-24-20-14-18(22)11-12-19(20)23-21(24)9-6-2/h11-12,14,16H,4-10,13,15H2,1-3H3. The van der Waals surface area contributed by atoms with Crippen LogP contribution in [0.3, 0.4) is 0 Å². The van der Waals surface area contributed by atoms with Crippen molar-refractivity contribution in [2.45, 2.75) is 72.3 Å². The summed E-state index contributed by atoms with van der Waals surface area (Å²) >= 11 is 0. The number of aryl methyl sites for hydroxylation is 1. The molecule has 0 aliphatic carbocycles. The molecule has 1 heterocycles. The van der Waals surface area contributed by atoms with Gasteiger partial charge in [0.2, 0.25) is 0 Å². The summed E-state index contributed by atoms with van der Waals surface area (Å²) in [6.45, 7) is 11.7. The molecule has 0 fully saturated rings. The quantitative estimate of drug-likeness (QED) is 0.370. The molecule has 0 aliphatic rings. The van der Waals surface area contributed by atoms with Gasteiger partial charge in [0.25, 0.3) is 0 Å². The zero-order chi connectivity index (χ0) is 17.5. The second-order valence-corrected chi connectivity index (χ2v) is 7.05. The molecule has 0 aliphatic heterocycles. The van der Waals surface area contributed by atoms with E-state index in [2.05, 4.69) is 31.9 Å². The Labute approximate surface area is 145 Å². The fourth-order valence-electron chi connectivity index (χ4n) is 3.36. The van der Waals surface area contributed by atoms with E-state index >= 15 is 0 Å². The number of unbranched alkanes of at least 4 members (excludes halogenated alkanes) is 2. The van der Waals surface area contributed by atoms with Gasteiger partial charge in [0, 0.05) is 13.0 Å². The lowest BCUT2D eigenvalue weighted by atomic mass is 9.96. The topological polar surface area (TPSA) is 17.8 Å². The number of rotatable bonds is 10. The lowest BCUT2D eigenvalue weighted by Gasteiger charge is -2.15. The Bertz CT molecular complexity index is 672. The minimum absolute atomic E-state index is 0.203. The van der Waals surface area contributed by atoms with Crippen LogP contribution in [0.2, 0.25) is 0 Å². The van der Waals surface area contributed by atoms with Crippen molar-refractivity contribution in [1.29, 1.82) is 0 Å². The van der Waals surface area contributed by atoms with Gasteiger partial charge in [-0.25, -0.2) is 9.37 Å². The molecule has 2 aromatic rings. The van der Waals surface area contributed by atoms with E-state index in [-0.39, 0.29) is 5.82 Å². The van der Waals surface area contributed by atoms with Crippen molar-refractivity contribution in [3.63, 3.8) is 0 Å². The van der Waals surface area contributed by atoms with Crippen molar-refractivity contribution in [3.05, 3.63) is 42.0 Å². The molecule has 0 spiro atoms. The largest absolute Gasteiger partial charge is 0.324 e. The average Bonchev–Trinajstić information content (AvgIpc) is 2.85. The first kappa shape index (κ1) is 18.7. The maximum Gasteiger partial charge on any atom is 0.125 e. The molecule has 0 amide bonds. The Morgan fingerprint density at radius 2 is 2.04 bits per heavy atom. The van der Waals surface area contributed by atoms with Crippen molar-refractivity contribution >= 4 is 11.0 Å². The molecule has 2 nitrogen and oxygen atoms in total. The van der Waals surface area contributed by atoms with Crippen molar-refractivity contribution in [3.8, 4) is 0 Å². The zero-order valence-corrected chi connectivity index (χ0v) is 15.4. The third kappa shape index (κ3) is 4.93. The van der Waals surface area contributed by atoms with E-state index in [9.17, 15) is 4.39 Å². The third-order valence-corrected chi connectivity index (χ3v) is 4.58. The maximum absolute atomic E-state index is 13.7. The molecule has 0 saturated carbocycles. The SMILES string of the molecule is C=C(CC(C)CCCCC)Cn1c(CCC)nc2ccc(F)cc21. The van der Waals surface area contributed by atoms with Crippen LogP contribution in [0.1, 0.15) is 65.1 Å². The van der Waals surface area contributed by atoms with Crippen LogP contribution in [0.15, 0.2) is 30.4 Å². The molecular formula is C21H31FN2. The molecule has 0 saturated heterocycles. The Balaban J connectivity index is 2.11. The summed E-state index contributed by atoms with van der Waals surface area (Å²) < 4.78 is 15.8. The lowest BCUT2D eigenvalue weighted by molar-refractivity contribution is 0.482. The summed E-state index contributed by atoms with van der Waals surface area (Å²) in [6.07, 6.45) is 8.11. The van der Waals surface area contributed by atoms with Crippen LogP contribution in [-0.2, 0) is 13.0 Å². The van der Waals surface area contributed by atoms with Gasteiger partial charge >= 0.3 is 0 Å². The summed E-state index contributed by atoms with van der Waals surface area (Å²) in [7, 11) is 0. The minimum atomic E-state index is -0.203. The molecule has 132 valence electrons. The Hall–Kier alpha value is -1.64. The van der Waals surface area contributed by atoms with Gasteiger partial charge in [0.1, 0.15) is 11.6 Å². The number of benzene rings is 1. The number of hydrogen-bond acceptors (Lipinski definition) is 1. The fourth-order valence-corrected chi connectivity index (χ4v) is 3.36. The van der Waals surface area contributed by atoms with Gasteiger partial charge in [-0.15, -0.1) is 0 Å². The number of aromatic nitrogens is 2. The monoisotopic (exact) mass is 330 g/mol. The van der Waals surface area contributed by atoms with Gasteiger partial charge in [-0.2, -0.15) is 0 Å². The molecular weight excluding hydrogens is 299 g/mol. The molecule has 1 unspecified atom stereocenters. The number of allylic oxidation sites excluding steroid dienone is 1. The van der Waals surface area contributed by atoms with Crippen LogP contribution in [-0.4, -0.2) is 9.55 Å². The Kier molecular flexibility index (Phi) is 7.01. The number of nitrogens with zero attached hydrogens (tertiary/aromatic N) is 2. The number of imidazole rings is 1. The number of halogens is 1. The molecule has 3 heteroatoms. The summed E-state index contributed by atoms with van der Waals surface area (Å²) in [4.78, 5) is 4.69. The van der Waals surface area contributed by atoms with Crippen molar-refractivity contribution in [1.82, 2.24) is 9.55 Å². The number of hydrogen-bond donors (Lipinski definition) is 0. The van der Waals surface area contributed by atoms with Gasteiger partial charge in [-0.3, -0.25) is 0 Å². The van der Waals surface area contributed by atoms with Gasteiger partial charge in [-0.1, -0.05) is 58.6 Å². The molecule has 0 radical (unpaired) electrons. The van der Waals surface area contributed by atoms with Crippen LogP contribution >= 0.6 is 0 Å². The van der Waals surface area contributed by atoms with Gasteiger partial charge < -0.3 is 4.57 Å². The average molecular weight is 330 g/mol. The summed E-state index contributed by atoms with van der Waals surface area (Å²) in [5.74, 6) is 1.49. The maximum atomic E-state index is 13.7. The molecule has 2 rings (SSSR count). The van der Waals surface area contributed by atoms with E-state index in [0.717, 1.165) is 42.7 Å². The van der Waals surface area contributed by atoms with E-state index in [1.165, 1.54) is 37.3 Å². The highest BCUT2D eigenvalue weighted by atomic mass is 19.1. The summed E-state index contributed by atoms with van der Waals surface area (Å²) in [6, 6.07) is 4.86. The first-order valence-corrected chi connectivity index (χ1v) is 9.36. The van der Waals surface area contributed by atoms with Gasteiger partial charge in [0.05, 0.1) is 11.0 Å². The van der Waals surface area contributed by atoms with E-state index in [1.54, 1.807) is 12.1 Å². The molecule has 1 aromatic heterocycles. The van der Waals surface area contributed by atoms with E-state index in [0.29, 0.717) is 5.92 Å². The van der Waals surface area contributed by atoms with Gasteiger partial charge in [-0.05, 0) is 37.0 Å². The Morgan fingerprint density at radius 1 is 1.25 bits per heavy atom. The minimum Gasteiger partial charge on any atom is -0.324 e. The number of fused-ring (bicyclic) bond motifs is 1. The third-order valence-electron chi connectivity index (χ3n) is 4.58. The van der Waals surface area contributed by atoms with E-state index in [1.807, 2.05) is 0 Å². The van der Waals surface area contributed by atoms with E-state index < -0.39 is 0 Å². The van der Waals surface area contributed by atoms with Crippen LogP contribution < -0.4 is 0 Å². The molecule has 1 aromatic carbocycles. The zero-order valence-electron chi connectivity index (χ0n) is 15.4. The highest BCUT2D eigenvalue weighted by molar-refractivity contribution is 5.76. The smallest absolute Gasteiger partial charge is 0.125 e. The predicted molar refractivity (Wildman–Crippen MR) is 101 cm³/mol. The lowest BCUT2D eigenvalue weighted by Crippen LogP contribution is -2.08. The first-order chi connectivity index (χ1) is 11.5. The van der Waals surface area contributed by atoms with Gasteiger partial charge in [0.15, 0.2) is 0 Å². The molecule has 0 bridgehead atoms. The molecule has 0 N–H and O–H groups in total. The molecule has 24 heavy (non-hydrogen) atoms. The van der Waals surface area contributed by atoms with Crippen LogP contribution in [0, 0.1) is 11.7 Å². The van der Waals surface area contributed by atoms with Crippen molar-refractivity contribution < 1.29 is 4.39 Å². The van der Waals surface area contributed by atoms with Crippen LogP contribution in [0.4, 0.5) is 4.39 Å². The normalized spacial score (nSPS) is 12.7. The predicted octanol–water partition coefficient (Wildman–Crippen LogP) is 6.29. The fraction of sp³-hybridized carbons (Fsp3) is 0.571. The van der Waals surface area contributed by atoms with Crippen LogP contribution in [0.5, 0.6) is 0 Å².